The zero-order valence-electron chi connectivity index (χ0n) is 20.4. The van der Waals surface area contributed by atoms with E-state index in [4.69, 9.17) is 9.88 Å². The molecule has 0 saturated carbocycles. The maximum absolute atomic E-state index is 13.4. The number of thiazole rings is 1. The lowest BCUT2D eigenvalue weighted by Gasteiger charge is -2.15. The topological polar surface area (TPSA) is 140 Å². The third-order valence-corrected chi connectivity index (χ3v) is 10.2. The Morgan fingerprint density at radius 2 is 1.83 bits per heavy atom. The maximum Gasteiger partial charge on any atom is 0.291 e. The first kappa shape index (κ1) is 24.8. The molecule has 4 aromatic heterocycles. The van der Waals surface area contributed by atoms with E-state index in [2.05, 4.69) is 34.8 Å². The summed E-state index contributed by atoms with van der Waals surface area (Å²) in [4.78, 5) is 17.5. The van der Waals surface area contributed by atoms with Crippen LogP contribution in [0.25, 0.3) is 32.2 Å². The number of nitrogens with zero attached hydrogens (tertiary/aromatic N) is 6. The van der Waals surface area contributed by atoms with Crippen LogP contribution in [0, 0.1) is 0 Å². The Labute approximate surface area is 212 Å². The standard InChI is InChI=1S/C22H27N7O4S2Si/c1-27-18-16(19-20(27)26-22(34-19)35(23,31)32)11-24-28(21(18)30)12-14-6-5-7-17-15(14)10-25-29(17)13-33-8-9-36(2,3)4/h5-7,10-11H,8-9,12-13H2,1-4H3,(H2,23,31,32). The Morgan fingerprint density at radius 3 is 2.56 bits per heavy atom. The van der Waals surface area contributed by atoms with Gasteiger partial charge in [0.05, 0.1) is 29.2 Å². The number of ether oxygens (including phenoxy) is 1. The first-order valence-corrected chi connectivity index (χ1v) is 17.4. The first-order chi connectivity index (χ1) is 16.9. The predicted octanol–water partition coefficient (Wildman–Crippen LogP) is 2.70. The molecule has 0 radical (unpaired) electrons. The van der Waals surface area contributed by atoms with Crippen LogP contribution in [0.1, 0.15) is 5.56 Å². The number of benzene rings is 1. The van der Waals surface area contributed by atoms with Gasteiger partial charge in [0.2, 0.25) is 4.34 Å². The lowest BCUT2D eigenvalue weighted by Crippen LogP contribution is -2.24. The molecule has 0 saturated heterocycles. The first-order valence-electron chi connectivity index (χ1n) is 11.3. The van der Waals surface area contributed by atoms with Crippen LogP contribution in [0.15, 0.2) is 39.7 Å². The summed E-state index contributed by atoms with van der Waals surface area (Å²) in [6.07, 6.45) is 3.35. The Kier molecular flexibility index (Phi) is 6.11. The molecular weight excluding hydrogens is 519 g/mol. The molecule has 0 aliphatic carbocycles. The molecular formula is C22H27N7O4S2Si. The number of aryl methyl sites for hydroxylation is 1. The van der Waals surface area contributed by atoms with Crippen molar-refractivity contribution < 1.29 is 13.2 Å². The number of hydrogen-bond donors (Lipinski definition) is 1. The molecule has 0 amide bonds. The zero-order valence-corrected chi connectivity index (χ0v) is 23.1. The van der Waals surface area contributed by atoms with Crippen molar-refractivity contribution in [1.29, 1.82) is 0 Å². The Balaban J connectivity index is 1.46. The van der Waals surface area contributed by atoms with Crippen molar-refractivity contribution in [1.82, 2.24) is 29.1 Å². The molecule has 2 N–H and O–H groups in total. The minimum atomic E-state index is -3.94. The lowest BCUT2D eigenvalue weighted by molar-refractivity contribution is 0.0817. The van der Waals surface area contributed by atoms with Crippen LogP contribution in [-0.4, -0.2) is 52.2 Å². The Hall–Kier alpha value is -2.91. The second-order valence-electron chi connectivity index (χ2n) is 9.95. The molecule has 0 unspecified atom stereocenters. The van der Waals surface area contributed by atoms with Gasteiger partial charge in [-0.05, 0) is 17.7 Å². The van der Waals surface area contributed by atoms with Gasteiger partial charge in [0.15, 0.2) is 5.65 Å². The second-order valence-corrected chi connectivity index (χ2v) is 18.3. The molecule has 4 heterocycles. The summed E-state index contributed by atoms with van der Waals surface area (Å²) in [6, 6.07) is 6.94. The number of aromatic nitrogens is 6. The number of fused-ring (bicyclic) bond motifs is 4. The number of nitrogens with two attached hydrogens (primary N) is 1. The molecule has 14 heteroatoms. The fourth-order valence-electron chi connectivity index (χ4n) is 4.10. The number of hydrogen-bond acceptors (Lipinski definition) is 8. The van der Waals surface area contributed by atoms with Gasteiger partial charge in [-0.25, -0.2) is 27.9 Å². The van der Waals surface area contributed by atoms with Crippen LogP contribution in [0.4, 0.5) is 0 Å². The van der Waals surface area contributed by atoms with Gasteiger partial charge in [0.1, 0.15) is 12.2 Å². The van der Waals surface area contributed by atoms with Gasteiger partial charge >= 0.3 is 0 Å². The minimum Gasteiger partial charge on any atom is -0.360 e. The number of sulfonamides is 1. The zero-order chi connectivity index (χ0) is 25.8. The average molecular weight is 546 g/mol. The molecule has 0 aliphatic heterocycles. The van der Waals surface area contributed by atoms with Crippen LogP contribution < -0.4 is 10.7 Å². The second kappa shape index (κ2) is 8.88. The van der Waals surface area contributed by atoms with Crippen molar-refractivity contribution in [3.63, 3.8) is 0 Å². The molecule has 0 bridgehead atoms. The van der Waals surface area contributed by atoms with E-state index in [1.807, 2.05) is 22.9 Å². The highest BCUT2D eigenvalue weighted by atomic mass is 32.2. The largest absolute Gasteiger partial charge is 0.360 e. The number of primary sulfonamides is 1. The fourth-order valence-corrected chi connectivity index (χ4v) is 6.62. The summed E-state index contributed by atoms with van der Waals surface area (Å²) in [5, 5.41) is 15.6. The summed E-state index contributed by atoms with van der Waals surface area (Å²) in [5.41, 5.74) is 2.32. The highest BCUT2D eigenvalue weighted by molar-refractivity contribution is 7.91. The maximum atomic E-state index is 13.4. The fraction of sp³-hybridized carbons (Fsp3) is 0.364. The normalized spacial score (nSPS) is 12.9. The monoisotopic (exact) mass is 545 g/mol. The van der Waals surface area contributed by atoms with E-state index in [0.717, 1.165) is 33.8 Å². The van der Waals surface area contributed by atoms with Crippen molar-refractivity contribution >= 4 is 61.6 Å². The van der Waals surface area contributed by atoms with E-state index in [-0.39, 0.29) is 16.4 Å². The third-order valence-electron chi connectivity index (χ3n) is 6.06. The van der Waals surface area contributed by atoms with Crippen molar-refractivity contribution in [2.75, 3.05) is 6.61 Å². The Morgan fingerprint density at radius 1 is 1.11 bits per heavy atom. The molecule has 0 aliphatic rings. The van der Waals surface area contributed by atoms with Gasteiger partial charge in [0, 0.05) is 32.5 Å². The predicted molar refractivity (Wildman–Crippen MR) is 142 cm³/mol. The van der Waals surface area contributed by atoms with Crippen LogP contribution in [-0.2, 0) is 35.1 Å². The minimum absolute atomic E-state index is 0.192. The van der Waals surface area contributed by atoms with E-state index < -0.39 is 18.1 Å². The molecule has 0 fully saturated rings. The van der Waals surface area contributed by atoms with E-state index in [1.165, 1.54) is 4.68 Å². The van der Waals surface area contributed by atoms with Crippen LogP contribution in [0.2, 0.25) is 25.7 Å². The van der Waals surface area contributed by atoms with E-state index in [9.17, 15) is 13.2 Å². The van der Waals surface area contributed by atoms with Gasteiger partial charge < -0.3 is 9.30 Å². The Bertz CT molecular complexity index is 1780. The molecule has 0 spiro atoms. The molecule has 0 atom stereocenters. The molecule has 5 rings (SSSR count). The van der Waals surface area contributed by atoms with Gasteiger partial charge in [-0.2, -0.15) is 10.2 Å². The van der Waals surface area contributed by atoms with Crippen LogP contribution >= 0.6 is 11.3 Å². The highest BCUT2D eigenvalue weighted by Gasteiger charge is 2.22. The van der Waals surface area contributed by atoms with Crippen molar-refractivity contribution in [2.24, 2.45) is 12.2 Å². The number of rotatable bonds is 8. The highest BCUT2D eigenvalue weighted by Crippen LogP contribution is 2.32. The van der Waals surface area contributed by atoms with Crippen LogP contribution in [0.5, 0.6) is 0 Å². The van der Waals surface area contributed by atoms with Crippen molar-refractivity contribution in [3.05, 3.63) is 46.5 Å². The summed E-state index contributed by atoms with van der Waals surface area (Å²) in [5.74, 6) is 0. The summed E-state index contributed by atoms with van der Waals surface area (Å²) < 4.78 is 34.5. The lowest BCUT2D eigenvalue weighted by atomic mass is 10.1. The average Bonchev–Trinajstić information content (AvgIpc) is 3.47. The van der Waals surface area contributed by atoms with Gasteiger partial charge in [-0.1, -0.05) is 43.1 Å². The molecule has 36 heavy (non-hydrogen) atoms. The molecule has 190 valence electrons. The van der Waals surface area contributed by atoms with Gasteiger partial charge in [0.25, 0.3) is 15.6 Å². The summed E-state index contributed by atoms with van der Waals surface area (Å²) >= 11 is 0.933. The summed E-state index contributed by atoms with van der Waals surface area (Å²) in [7, 11) is -3.42. The molecule has 5 aromatic rings. The summed E-state index contributed by atoms with van der Waals surface area (Å²) in [6.45, 7) is 8.28. The van der Waals surface area contributed by atoms with Gasteiger partial charge in [-0.15, -0.1) is 0 Å². The van der Waals surface area contributed by atoms with E-state index in [0.29, 0.717) is 34.6 Å². The van der Waals surface area contributed by atoms with Crippen molar-refractivity contribution in [3.8, 4) is 0 Å². The molecule has 1 aromatic carbocycles. The quantitative estimate of drug-likeness (QED) is 0.233. The van der Waals surface area contributed by atoms with E-state index >= 15 is 0 Å². The third kappa shape index (κ3) is 4.50. The smallest absolute Gasteiger partial charge is 0.291 e. The van der Waals surface area contributed by atoms with Crippen molar-refractivity contribution in [2.45, 2.75) is 43.3 Å². The van der Waals surface area contributed by atoms with Crippen LogP contribution in [0.3, 0.4) is 0 Å². The SMILES string of the molecule is Cn1c2nc(S(N)(=O)=O)sc2c2cnn(Cc3cccc4c3cnn4COCC[Si](C)(C)C)c(=O)c21. The van der Waals surface area contributed by atoms with E-state index in [1.54, 1.807) is 24.0 Å². The molecule has 11 nitrogen and oxygen atoms in total. The van der Waals surface area contributed by atoms with Gasteiger partial charge in [-0.3, -0.25) is 4.79 Å².